The second kappa shape index (κ2) is 7.59. The Kier molecular flexibility index (Phi) is 4.65. The number of aromatic nitrogens is 4. The van der Waals surface area contributed by atoms with E-state index in [1.807, 2.05) is 55.5 Å². The van der Waals surface area contributed by atoms with Gasteiger partial charge in [0.15, 0.2) is 39.9 Å². The van der Waals surface area contributed by atoms with Gasteiger partial charge in [0.2, 0.25) is 4.96 Å². The molecule has 29 heavy (non-hydrogen) atoms. The fourth-order valence-corrected chi connectivity index (χ4v) is 3.81. The molecule has 0 bridgehead atoms. The van der Waals surface area contributed by atoms with E-state index in [2.05, 4.69) is 15.3 Å². The van der Waals surface area contributed by atoms with Gasteiger partial charge >= 0.3 is 0 Å². The van der Waals surface area contributed by atoms with Crippen LogP contribution in [-0.2, 0) is 6.61 Å². The summed E-state index contributed by atoms with van der Waals surface area (Å²) in [5, 5.41) is 13.9. The molecule has 5 rings (SSSR count). The summed E-state index contributed by atoms with van der Waals surface area (Å²) < 4.78 is 25.0. The second-order valence-corrected chi connectivity index (χ2v) is 7.32. The van der Waals surface area contributed by atoms with E-state index in [-0.39, 0.29) is 6.10 Å². The Bertz CT molecular complexity index is 1140. The Morgan fingerprint density at radius 1 is 1.03 bits per heavy atom. The highest BCUT2D eigenvalue weighted by molar-refractivity contribution is 7.16. The lowest BCUT2D eigenvalue weighted by Crippen LogP contribution is -2.23. The molecule has 8 nitrogen and oxygen atoms in total. The lowest BCUT2D eigenvalue weighted by Gasteiger charge is -2.24. The summed E-state index contributed by atoms with van der Waals surface area (Å²) in [4.78, 5) is 0.680. The SMILES string of the molecule is CCOc1ccccc1OCc1nn2c([C@H]3COc4ccccc4O3)nnc2s1. The molecular formula is C20H18N4O4S. The van der Waals surface area contributed by atoms with Crippen molar-refractivity contribution in [3.05, 3.63) is 59.4 Å². The molecule has 148 valence electrons. The van der Waals surface area contributed by atoms with Crippen molar-refractivity contribution in [2.75, 3.05) is 13.2 Å². The van der Waals surface area contributed by atoms with Crippen molar-refractivity contribution in [1.82, 2.24) is 19.8 Å². The maximum absolute atomic E-state index is 6.03. The first kappa shape index (κ1) is 17.7. The van der Waals surface area contributed by atoms with E-state index in [0.717, 1.165) is 10.8 Å². The van der Waals surface area contributed by atoms with Gasteiger partial charge in [-0.05, 0) is 31.2 Å². The number of nitrogens with zero attached hydrogens (tertiary/aromatic N) is 4. The quantitative estimate of drug-likeness (QED) is 0.480. The van der Waals surface area contributed by atoms with Gasteiger partial charge in [0.1, 0.15) is 13.2 Å². The van der Waals surface area contributed by atoms with Crippen LogP contribution in [-0.4, -0.2) is 33.0 Å². The maximum atomic E-state index is 6.03. The van der Waals surface area contributed by atoms with E-state index in [1.54, 1.807) is 4.52 Å². The molecule has 0 radical (unpaired) electrons. The van der Waals surface area contributed by atoms with Crippen LogP contribution in [0.3, 0.4) is 0 Å². The Morgan fingerprint density at radius 3 is 2.62 bits per heavy atom. The third-order valence-corrected chi connectivity index (χ3v) is 5.23. The third kappa shape index (κ3) is 3.44. The molecule has 3 heterocycles. The normalized spacial score (nSPS) is 15.4. The summed E-state index contributed by atoms with van der Waals surface area (Å²) >= 11 is 1.42. The van der Waals surface area contributed by atoms with E-state index in [1.165, 1.54) is 11.3 Å². The Balaban J connectivity index is 1.34. The van der Waals surface area contributed by atoms with Crippen molar-refractivity contribution in [3.63, 3.8) is 0 Å². The van der Waals surface area contributed by atoms with Crippen molar-refractivity contribution in [2.45, 2.75) is 19.6 Å². The van der Waals surface area contributed by atoms with Crippen LogP contribution in [0.5, 0.6) is 23.0 Å². The highest BCUT2D eigenvalue weighted by Gasteiger charge is 2.28. The molecule has 2 aromatic heterocycles. The van der Waals surface area contributed by atoms with Gasteiger partial charge in [-0.25, -0.2) is 0 Å². The number of benzene rings is 2. The smallest absolute Gasteiger partial charge is 0.234 e. The van der Waals surface area contributed by atoms with E-state index in [4.69, 9.17) is 18.9 Å². The van der Waals surface area contributed by atoms with Crippen molar-refractivity contribution >= 4 is 16.3 Å². The van der Waals surface area contributed by atoms with Crippen molar-refractivity contribution in [1.29, 1.82) is 0 Å². The maximum Gasteiger partial charge on any atom is 0.234 e. The summed E-state index contributed by atoms with van der Waals surface area (Å²) in [5.74, 6) is 3.41. The number of hydrogen-bond acceptors (Lipinski definition) is 8. The molecule has 2 aromatic carbocycles. The van der Waals surface area contributed by atoms with Crippen molar-refractivity contribution < 1.29 is 18.9 Å². The predicted molar refractivity (Wildman–Crippen MR) is 106 cm³/mol. The van der Waals surface area contributed by atoms with E-state index in [9.17, 15) is 0 Å². The fraction of sp³-hybridized carbons (Fsp3) is 0.250. The minimum Gasteiger partial charge on any atom is -0.490 e. The molecule has 4 aromatic rings. The third-order valence-electron chi connectivity index (χ3n) is 4.35. The first-order valence-corrected chi connectivity index (χ1v) is 10.1. The summed E-state index contributed by atoms with van der Waals surface area (Å²) in [6.45, 7) is 3.18. The summed E-state index contributed by atoms with van der Waals surface area (Å²) in [5.41, 5.74) is 0. The standard InChI is InChI=1S/C20H18N4O4S/c1-2-25-13-7-3-4-8-14(13)27-12-18-23-24-19(21-22-20(24)29-18)17-11-26-15-9-5-6-10-16(15)28-17/h3-10,17H,2,11-12H2,1H3/t17-/m1/s1. The van der Waals surface area contributed by atoms with Gasteiger partial charge in [-0.2, -0.15) is 9.61 Å². The minimum atomic E-state index is -0.380. The first-order chi connectivity index (χ1) is 14.3. The lowest BCUT2D eigenvalue weighted by atomic mass is 10.2. The molecule has 1 atom stereocenters. The van der Waals surface area contributed by atoms with E-state index >= 15 is 0 Å². The zero-order valence-corrected chi connectivity index (χ0v) is 16.5. The minimum absolute atomic E-state index is 0.308. The van der Waals surface area contributed by atoms with Gasteiger partial charge in [-0.1, -0.05) is 35.6 Å². The number of ether oxygens (including phenoxy) is 4. The first-order valence-electron chi connectivity index (χ1n) is 9.26. The molecule has 0 aliphatic carbocycles. The topological polar surface area (TPSA) is 80.0 Å². The van der Waals surface area contributed by atoms with Crippen LogP contribution >= 0.6 is 11.3 Å². The molecular weight excluding hydrogens is 392 g/mol. The van der Waals surface area contributed by atoms with Gasteiger partial charge < -0.3 is 18.9 Å². The Labute approximate surface area is 170 Å². The lowest BCUT2D eigenvalue weighted by molar-refractivity contribution is 0.0835. The summed E-state index contributed by atoms with van der Waals surface area (Å²) in [7, 11) is 0. The molecule has 1 aliphatic heterocycles. The largest absolute Gasteiger partial charge is 0.490 e. The van der Waals surface area contributed by atoms with E-state index in [0.29, 0.717) is 47.9 Å². The molecule has 0 unspecified atom stereocenters. The Morgan fingerprint density at radius 2 is 1.79 bits per heavy atom. The number of hydrogen-bond donors (Lipinski definition) is 0. The van der Waals surface area contributed by atoms with Crippen LogP contribution in [0.15, 0.2) is 48.5 Å². The van der Waals surface area contributed by atoms with Crippen LogP contribution in [0.25, 0.3) is 4.96 Å². The van der Waals surface area contributed by atoms with Crippen LogP contribution in [0.4, 0.5) is 0 Å². The summed E-state index contributed by atoms with van der Waals surface area (Å²) in [6, 6.07) is 15.1. The van der Waals surface area contributed by atoms with Crippen LogP contribution in [0.1, 0.15) is 23.9 Å². The zero-order valence-electron chi connectivity index (χ0n) is 15.6. The predicted octanol–water partition coefficient (Wildman–Crippen LogP) is 3.68. The molecule has 9 heteroatoms. The number of fused-ring (bicyclic) bond motifs is 2. The fourth-order valence-electron chi connectivity index (χ4n) is 3.06. The molecule has 1 aliphatic rings. The van der Waals surface area contributed by atoms with Crippen molar-refractivity contribution in [2.24, 2.45) is 0 Å². The van der Waals surface area contributed by atoms with Gasteiger partial charge in [-0.3, -0.25) is 0 Å². The number of para-hydroxylation sites is 4. The molecule has 0 fully saturated rings. The molecule has 0 N–H and O–H groups in total. The van der Waals surface area contributed by atoms with Crippen LogP contribution in [0.2, 0.25) is 0 Å². The van der Waals surface area contributed by atoms with Crippen molar-refractivity contribution in [3.8, 4) is 23.0 Å². The van der Waals surface area contributed by atoms with Gasteiger partial charge in [-0.15, -0.1) is 10.2 Å². The second-order valence-electron chi connectivity index (χ2n) is 6.28. The zero-order chi connectivity index (χ0) is 19.6. The van der Waals surface area contributed by atoms with Gasteiger partial charge in [0.25, 0.3) is 0 Å². The average molecular weight is 410 g/mol. The molecule has 0 amide bonds. The average Bonchev–Trinajstić information content (AvgIpc) is 3.33. The van der Waals surface area contributed by atoms with Crippen LogP contribution < -0.4 is 18.9 Å². The van der Waals surface area contributed by atoms with Crippen LogP contribution in [0, 0.1) is 0 Å². The molecule has 0 saturated carbocycles. The molecule has 0 spiro atoms. The van der Waals surface area contributed by atoms with Gasteiger partial charge in [0.05, 0.1) is 6.61 Å². The number of rotatable bonds is 6. The monoisotopic (exact) mass is 410 g/mol. The highest BCUT2D eigenvalue weighted by Crippen LogP contribution is 2.35. The summed E-state index contributed by atoms with van der Waals surface area (Å²) in [6.07, 6.45) is -0.380. The van der Waals surface area contributed by atoms with E-state index < -0.39 is 0 Å². The molecule has 0 saturated heterocycles. The van der Waals surface area contributed by atoms with Gasteiger partial charge in [0, 0.05) is 0 Å². The Hall–Kier alpha value is -3.33. The highest BCUT2D eigenvalue weighted by atomic mass is 32.1.